The van der Waals surface area contributed by atoms with Gasteiger partial charge in [-0.1, -0.05) is 13.8 Å². The number of primary amides is 1. The van der Waals surface area contributed by atoms with Gasteiger partial charge in [0.05, 0.1) is 25.1 Å². The van der Waals surface area contributed by atoms with Crippen molar-refractivity contribution in [1.82, 2.24) is 5.32 Å². The maximum atomic E-state index is 12.4. The van der Waals surface area contributed by atoms with Gasteiger partial charge in [-0.05, 0) is 32.6 Å². The first-order chi connectivity index (χ1) is 9.71. The highest BCUT2D eigenvalue weighted by molar-refractivity contribution is 5.81. The lowest BCUT2D eigenvalue weighted by atomic mass is 9.89. The second kappa shape index (κ2) is 6.90. The van der Waals surface area contributed by atoms with Crippen molar-refractivity contribution >= 4 is 11.8 Å². The van der Waals surface area contributed by atoms with Crippen molar-refractivity contribution in [2.24, 2.45) is 17.6 Å². The van der Waals surface area contributed by atoms with E-state index < -0.39 is 5.54 Å². The minimum Gasteiger partial charge on any atom is -0.369 e. The summed E-state index contributed by atoms with van der Waals surface area (Å²) >= 11 is 0. The lowest BCUT2D eigenvalue weighted by Crippen LogP contribution is -3.18. The number of rotatable bonds is 5. The topological polar surface area (TPSA) is 100 Å². The first kappa shape index (κ1) is 17.4. The molecule has 0 aromatic carbocycles. The van der Waals surface area contributed by atoms with Crippen LogP contribution in [0.25, 0.3) is 0 Å². The van der Waals surface area contributed by atoms with Crippen LogP contribution in [0.1, 0.15) is 40.5 Å². The van der Waals surface area contributed by atoms with E-state index in [0.717, 1.165) is 24.3 Å². The Kier molecular flexibility index (Phi) is 5.73. The quantitative estimate of drug-likeness (QED) is 0.619. The molecule has 1 unspecified atom stereocenters. The van der Waals surface area contributed by atoms with E-state index in [0.29, 0.717) is 6.54 Å². The second-order valence-corrected chi connectivity index (χ2v) is 6.53. The zero-order chi connectivity index (χ0) is 16.2. The highest BCUT2D eigenvalue weighted by Crippen LogP contribution is 2.15. The molecule has 4 atom stereocenters. The Morgan fingerprint density at radius 2 is 2.05 bits per heavy atom. The van der Waals surface area contributed by atoms with Gasteiger partial charge in [-0.25, -0.2) is 0 Å². The van der Waals surface area contributed by atoms with E-state index in [1.165, 1.54) is 0 Å². The highest BCUT2D eigenvalue weighted by atomic mass is 16.2. The maximum absolute atomic E-state index is 12.4. The van der Waals surface area contributed by atoms with Crippen molar-refractivity contribution in [3.63, 3.8) is 0 Å². The third kappa shape index (κ3) is 4.18. The molecule has 6 nitrogen and oxygen atoms in total. The van der Waals surface area contributed by atoms with Crippen molar-refractivity contribution in [3.05, 3.63) is 0 Å². The number of likely N-dealkylation sites (tertiary alicyclic amines) is 1. The zero-order valence-corrected chi connectivity index (χ0v) is 13.4. The molecule has 0 aromatic heterocycles. The molecule has 0 aliphatic carbocycles. The van der Waals surface area contributed by atoms with Crippen LogP contribution in [0.15, 0.2) is 0 Å². The third-order valence-electron chi connectivity index (χ3n) is 4.74. The van der Waals surface area contributed by atoms with E-state index in [4.69, 9.17) is 5.73 Å². The molecule has 0 spiro atoms. The number of amides is 2. The molecule has 4 N–H and O–H groups in total. The molecule has 1 rings (SSSR count). The largest absolute Gasteiger partial charge is 0.369 e. The number of hydrogen-bond acceptors (Lipinski definition) is 3. The van der Waals surface area contributed by atoms with Crippen LogP contribution in [0.5, 0.6) is 0 Å². The van der Waals surface area contributed by atoms with Crippen LogP contribution in [0, 0.1) is 23.2 Å². The Balaban J connectivity index is 2.70. The number of nitrogens with zero attached hydrogens (tertiary/aromatic N) is 1. The van der Waals surface area contributed by atoms with Crippen molar-refractivity contribution < 1.29 is 14.5 Å². The number of nitrogens with two attached hydrogens (primary N) is 1. The molecule has 0 bridgehead atoms. The first-order valence-corrected chi connectivity index (χ1v) is 7.58. The lowest BCUT2D eigenvalue weighted by Gasteiger charge is -2.34. The molecule has 1 saturated heterocycles. The average molecular weight is 295 g/mol. The molecule has 0 saturated carbocycles. The van der Waals surface area contributed by atoms with Gasteiger partial charge in [0.15, 0.2) is 6.04 Å². The van der Waals surface area contributed by atoms with Crippen LogP contribution in [0.3, 0.4) is 0 Å². The van der Waals surface area contributed by atoms with Crippen molar-refractivity contribution in [2.45, 2.75) is 52.1 Å². The summed E-state index contributed by atoms with van der Waals surface area (Å²) in [5.74, 6) is -0.568. The molecule has 1 heterocycles. The van der Waals surface area contributed by atoms with Gasteiger partial charge in [0.1, 0.15) is 5.54 Å². The fourth-order valence-corrected chi connectivity index (χ4v) is 2.58. The van der Waals surface area contributed by atoms with E-state index in [1.807, 2.05) is 20.8 Å². The molecule has 0 radical (unpaired) electrons. The molecule has 6 heteroatoms. The van der Waals surface area contributed by atoms with Gasteiger partial charge in [-0.2, -0.15) is 5.26 Å². The summed E-state index contributed by atoms with van der Waals surface area (Å²) in [4.78, 5) is 24.8. The molecular formula is C15H27N4O2+. The Bertz CT molecular complexity index is 443. The van der Waals surface area contributed by atoms with Crippen LogP contribution in [0.4, 0.5) is 0 Å². The Labute approximate surface area is 126 Å². The Morgan fingerprint density at radius 3 is 2.52 bits per heavy atom. The number of quaternary nitrogens is 1. The summed E-state index contributed by atoms with van der Waals surface area (Å²) in [7, 11) is 0. The zero-order valence-electron chi connectivity index (χ0n) is 13.4. The van der Waals surface area contributed by atoms with E-state index in [2.05, 4.69) is 11.4 Å². The van der Waals surface area contributed by atoms with E-state index in [9.17, 15) is 14.9 Å². The predicted molar refractivity (Wildman–Crippen MR) is 79.1 cm³/mol. The molecule has 0 aromatic rings. The SMILES string of the molecule is CC(C)[C@](C)(C#N)NC(=O)[C@@H](C)[NH+]1CCC[C@H](C(N)=O)C1. The number of hydrogen-bond donors (Lipinski definition) is 3. The molecule has 118 valence electrons. The molecule has 21 heavy (non-hydrogen) atoms. The summed E-state index contributed by atoms with van der Waals surface area (Å²) < 4.78 is 0. The summed E-state index contributed by atoms with van der Waals surface area (Å²) in [5, 5.41) is 12.1. The maximum Gasteiger partial charge on any atom is 0.279 e. The van der Waals surface area contributed by atoms with Gasteiger partial charge >= 0.3 is 0 Å². The predicted octanol–water partition coefficient (Wildman–Crippen LogP) is -0.790. The summed E-state index contributed by atoms with van der Waals surface area (Å²) in [6, 6.07) is 1.89. The highest BCUT2D eigenvalue weighted by Gasteiger charge is 2.37. The Morgan fingerprint density at radius 1 is 1.43 bits per heavy atom. The van der Waals surface area contributed by atoms with Gasteiger partial charge in [-0.15, -0.1) is 0 Å². The molecule has 2 amide bonds. The van der Waals surface area contributed by atoms with Crippen molar-refractivity contribution in [3.8, 4) is 6.07 Å². The van der Waals surface area contributed by atoms with Crippen molar-refractivity contribution in [2.75, 3.05) is 13.1 Å². The average Bonchev–Trinajstić information content (AvgIpc) is 2.46. The fraction of sp³-hybridized carbons (Fsp3) is 0.800. The molecule has 1 aliphatic rings. The minimum atomic E-state index is -0.871. The first-order valence-electron chi connectivity index (χ1n) is 7.58. The normalized spacial score (nSPS) is 26.5. The Hall–Kier alpha value is -1.61. The van der Waals surface area contributed by atoms with E-state index in [1.54, 1.807) is 6.92 Å². The van der Waals surface area contributed by atoms with E-state index >= 15 is 0 Å². The number of carbonyl (C=O) groups excluding carboxylic acids is 2. The molecular weight excluding hydrogens is 268 g/mol. The second-order valence-electron chi connectivity index (χ2n) is 6.53. The van der Waals surface area contributed by atoms with Gasteiger partial charge < -0.3 is 16.0 Å². The number of nitrogens with one attached hydrogen (secondary N) is 2. The van der Waals surface area contributed by atoms with Crippen molar-refractivity contribution in [1.29, 1.82) is 5.26 Å². The van der Waals surface area contributed by atoms with Gasteiger partial charge in [0.2, 0.25) is 5.91 Å². The minimum absolute atomic E-state index is 0.0216. The van der Waals surface area contributed by atoms with Gasteiger partial charge in [0.25, 0.3) is 5.91 Å². The fourth-order valence-electron chi connectivity index (χ4n) is 2.58. The number of carbonyl (C=O) groups is 2. The standard InChI is InChI=1S/C15H26N4O2/c1-10(2)15(4,9-16)18-14(21)11(3)19-7-5-6-12(8-19)13(17)20/h10-12H,5-8H2,1-4H3,(H2,17,20)(H,18,21)/p+1/t11-,12+,15+/m1/s1. The summed E-state index contributed by atoms with van der Waals surface area (Å²) in [5.41, 5.74) is 4.50. The molecule has 1 fully saturated rings. The monoisotopic (exact) mass is 295 g/mol. The van der Waals surface area contributed by atoms with Gasteiger partial charge in [-0.3, -0.25) is 9.59 Å². The van der Waals surface area contributed by atoms with Gasteiger partial charge in [0, 0.05) is 0 Å². The third-order valence-corrected chi connectivity index (χ3v) is 4.74. The van der Waals surface area contributed by atoms with E-state index in [-0.39, 0.29) is 29.7 Å². The smallest absolute Gasteiger partial charge is 0.279 e. The van der Waals surface area contributed by atoms with Crippen LogP contribution < -0.4 is 16.0 Å². The number of nitriles is 1. The summed E-state index contributed by atoms with van der Waals surface area (Å²) in [6.45, 7) is 8.83. The van der Waals surface area contributed by atoms with Crippen LogP contribution >= 0.6 is 0 Å². The number of piperidine rings is 1. The van der Waals surface area contributed by atoms with Crippen LogP contribution in [-0.2, 0) is 9.59 Å². The molecule has 1 aliphatic heterocycles. The summed E-state index contributed by atoms with van der Waals surface area (Å²) in [6.07, 6.45) is 1.69. The lowest BCUT2D eigenvalue weighted by molar-refractivity contribution is -0.921. The van der Waals surface area contributed by atoms with Crippen LogP contribution in [-0.4, -0.2) is 36.5 Å². The van der Waals surface area contributed by atoms with Crippen LogP contribution in [0.2, 0.25) is 0 Å².